The Balaban J connectivity index is 0.000000169. The van der Waals surface area contributed by atoms with Crippen LogP contribution in [0.1, 0.15) is 71.1 Å². The molecule has 7 nitrogen and oxygen atoms in total. The third kappa shape index (κ3) is 6.62. The van der Waals surface area contributed by atoms with Crippen LogP contribution in [0.3, 0.4) is 0 Å². The molecule has 2 aliphatic heterocycles. The molecule has 2 aliphatic carbocycles. The summed E-state index contributed by atoms with van der Waals surface area (Å²) >= 11 is 0. The fourth-order valence-corrected chi connectivity index (χ4v) is 4.94. The molecule has 4 rings (SSSR count). The van der Waals surface area contributed by atoms with Gasteiger partial charge in [0.2, 0.25) is 0 Å². The van der Waals surface area contributed by atoms with E-state index in [0.29, 0.717) is 44.7 Å². The second-order valence-corrected chi connectivity index (χ2v) is 8.62. The highest BCUT2D eigenvalue weighted by Crippen LogP contribution is 2.40. The van der Waals surface area contributed by atoms with E-state index in [1.807, 2.05) is 6.92 Å². The zero-order valence-corrected chi connectivity index (χ0v) is 17.9. The van der Waals surface area contributed by atoms with Gasteiger partial charge < -0.3 is 28.8 Å². The van der Waals surface area contributed by atoms with Crippen LogP contribution in [0.4, 0.5) is 0 Å². The van der Waals surface area contributed by atoms with Crippen molar-refractivity contribution in [1.29, 1.82) is 0 Å². The molecule has 2 saturated heterocycles. The molecule has 0 aromatic heterocycles. The summed E-state index contributed by atoms with van der Waals surface area (Å²) in [7, 11) is 0. The monoisotopic (exact) mass is 414 g/mol. The highest BCUT2D eigenvalue weighted by Gasteiger charge is 2.41. The summed E-state index contributed by atoms with van der Waals surface area (Å²) in [6, 6.07) is 0. The summed E-state index contributed by atoms with van der Waals surface area (Å²) in [5.41, 5.74) is 0. The fourth-order valence-electron chi connectivity index (χ4n) is 4.94. The number of ether oxygens (including phenoxy) is 5. The topological polar surface area (TPSA) is 83.5 Å². The van der Waals surface area contributed by atoms with Gasteiger partial charge in [0.25, 0.3) is 0 Å². The maximum absolute atomic E-state index is 11.3. The Morgan fingerprint density at radius 3 is 1.72 bits per heavy atom. The van der Waals surface area contributed by atoms with Crippen molar-refractivity contribution >= 4 is 5.97 Å². The van der Waals surface area contributed by atoms with Crippen LogP contribution in [-0.4, -0.2) is 62.3 Å². The zero-order valence-electron chi connectivity index (χ0n) is 17.9. The van der Waals surface area contributed by atoms with Crippen LogP contribution in [0.2, 0.25) is 0 Å². The first-order valence-corrected chi connectivity index (χ1v) is 11.4. The van der Waals surface area contributed by atoms with Gasteiger partial charge in [-0.25, -0.2) is 0 Å². The first-order valence-electron chi connectivity index (χ1n) is 11.4. The number of hydrogen-bond acceptors (Lipinski definition) is 7. The number of aliphatic hydroxyl groups excluding tert-OH is 1. The van der Waals surface area contributed by atoms with Crippen molar-refractivity contribution in [1.82, 2.24) is 0 Å². The highest BCUT2D eigenvalue weighted by atomic mass is 16.7. The minimum absolute atomic E-state index is 0.0725. The lowest BCUT2D eigenvalue weighted by Crippen LogP contribution is -2.35. The number of hydrogen-bond donors (Lipinski definition) is 1. The fraction of sp³-hybridized carbons (Fsp3) is 0.955. The molecule has 0 radical (unpaired) electrons. The summed E-state index contributed by atoms with van der Waals surface area (Å²) in [5, 5.41) is 8.81. The van der Waals surface area contributed by atoms with Crippen LogP contribution in [0.15, 0.2) is 0 Å². The first-order chi connectivity index (χ1) is 14.1. The van der Waals surface area contributed by atoms with E-state index < -0.39 is 0 Å². The first kappa shape index (κ1) is 22.9. The Morgan fingerprint density at radius 1 is 0.862 bits per heavy atom. The van der Waals surface area contributed by atoms with Crippen molar-refractivity contribution in [3.8, 4) is 0 Å². The molecule has 4 aliphatic rings. The Kier molecular flexibility index (Phi) is 8.74. The van der Waals surface area contributed by atoms with Gasteiger partial charge in [0.1, 0.15) is 0 Å². The van der Waals surface area contributed by atoms with Gasteiger partial charge in [-0.15, -0.1) is 0 Å². The van der Waals surface area contributed by atoms with Crippen molar-refractivity contribution in [2.24, 2.45) is 11.8 Å². The smallest absolute Gasteiger partial charge is 0.306 e. The van der Waals surface area contributed by atoms with Gasteiger partial charge in [0, 0.05) is 38.7 Å². The summed E-state index contributed by atoms with van der Waals surface area (Å²) in [6.45, 7) is 5.56. The van der Waals surface area contributed by atoms with Crippen LogP contribution in [-0.2, 0) is 28.5 Å². The molecule has 1 N–H and O–H groups in total. The van der Waals surface area contributed by atoms with E-state index in [9.17, 15) is 4.79 Å². The lowest BCUT2D eigenvalue weighted by Gasteiger charge is -2.35. The normalized spacial score (nSPS) is 28.3. The van der Waals surface area contributed by atoms with Crippen LogP contribution in [0.25, 0.3) is 0 Å². The largest absolute Gasteiger partial charge is 0.466 e. The molecule has 0 aromatic rings. The summed E-state index contributed by atoms with van der Waals surface area (Å²) in [6.07, 6.45) is 9.61. The van der Waals surface area contributed by atoms with Gasteiger partial charge in [-0.05, 0) is 50.9 Å². The molecular formula is C22H38O7. The van der Waals surface area contributed by atoms with Crippen LogP contribution in [0, 0.1) is 11.8 Å². The zero-order chi connectivity index (χ0) is 20.6. The minimum Gasteiger partial charge on any atom is -0.466 e. The van der Waals surface area contributed by atoms with Crippen molar-refractivity contribution < 1.29 is 33.6 Å². The van der Waals surface area contributed by atoms with E-state index in [1.54, 1.807) is 0 Å². The van der Waals surface area contributed by atoms with Gasteiger partial charge in [-0.1, -0.05) is 0 Å². The third-order valence-electron chi connectivity index (χ3n) is 6.66. The molecule has 0 amide bonds. The van der Waals surface area contributed by atoms with Crippen molar-refractivity contribution in [3.63, 3.8) is 0 Å². The minimum atomic E-state index is -0.314. The van der Waals surface area contributed by atoms with E-state index >= 15 is 0 Å². The van der Waals surface area contributed by atoms with Gasteiger partial charge in [0.15, 0.2) is 11.6 Å². The number of rotatable bonds is 5. The van der Waals surface area contributed by atoms with Crippen molar-refractivity contribution in [2.45, 2.75) is 82.7 Å². The van der Waals surface area contributed by atoms with E-state index in [-0.39, 0.29) is 17.5 Å². The molecule has 4 fully saturated rings. The Morgan fingerprint density at radius 2 is 1.31 bits per heavy atom. The van der Waals surface area contributed by atoms with Gasteiger partial charge >= 0.3 is 5.97 Å². The second-order valence-electron chi connectivity index (χ2n) is 8.62. The predicted molar refractivity (Wildman–Crippen MR) is 106 cm³/mol. The molecule has 7 heteroatoms. The van der Waals surface area contributed by atoms with Crippen LogP contribution < -0.4 is 0 Å². The average molecular weight is 415 g/mol. The molecule has 2 saturated carbocycles. The van der Waals surface area contributed by atoms with Crippen LogP contribution in [0.5, 0.6) is 0 Å². The molecule has 168 valence electrons. The number of carbonyl (C=O) groups is 1. The van der Waals surface area contributed by atoms with E-state index in [0.717, 1.165) is 71.0 Å². The predicted octanol–water partition coefficient (Wildman–Crippen LogP) is 3.18. The highest BCUT2D eigenvalue weighted by molar-refractivity contribution is 5.69. The molecule has 2 spiro atoms. The molecule has 2 heterocycles. The summed E-state index contributed by atoms with van der Waals surface area (Å²) < 4.78 is 27.5. The van der Waals surface area contributed by atoms with Crippen molar-refractivity contribution in [3.05, 3.63) is 0 Å². The second kappa shape index (κ2) is 11.0. The summed E-state index contributed by atoms with van der Waals surface area (Å²) in [5.74, 6) is 0.509. The lowest BCUT2D eigenvalue weighted by atomic mass is 9.83. The number of carbonyl (C=O) groups excluding carboxylic acids is 1. The lowest BCUT2D eigenvalue weighted by molar-refractivity contribution is -0.184. The molecule has 29 heavy (non-hydrogen) atoms. The summed E-state index contributed by atoms with van der Waals surface area (Å²) in [4.78, 5) is 11.3. The van der Waals surface area contributed by atoms with Crippen LogP contribution >= 0.6 is 0 Å². The van der Waals surface area contributed by atoms with Gasteiger partial charge in [0.05, 0.1) is 33.0 Å². The van der Waals surface area contributed by atoms with E-state index in [2.05, 4.69) is 0 Å². The number of aliphatic hydroxyl groups is 1. The maximum atomic E-state index is 11.3. The SMILES string of the molecule is CCOC(=O)CC1CCC2(CC1)OCCO2.OCCC1CCC2(CC1)OCCO2. The quantitative estimate of drug-likeness (QED) is 0.692. The maximum Gasteiger partial charge on any atom is 0.306 e. The third-order valence-corrected chi connectivity index (χ3v) is 6.66. The van der Waals surface area contributed by atoms with Gasteiger partial charge in [-0.2, -0.15) is 0 Å². The molecule has 0 aromatic carbocycles. The molecule has 0 atom stereocenters. The Bertz CT molecular complexity index is 477. The molecular weight excluding hydrogens is 376 g/mol. The van der Waals surface area contributed by atoms with E-state index in [4.69, 9.17) is 28.8 Å². The van der Waals surface area contributed by atoms with Gasteiger partial charge in [-0.3, -0.25) is 4.79 Å². The standard InChI is InChI=1S/C12H20O4.C10H18O3/c1-2-14-11(13)9-10-3-5-12(6-4-10)15-7-8-16-12;11-6-3-9-1-4-10(5-2-9)12-7-8-13-10/h10H,2-9H2,1H3;9,11H,1-8H2. The average Bonchev–Trinajstić information content (AvgIpc) is 3.37. The molecule has 0 bridgehead atoms. The number of esters is 1. The Labute approximate surface area is 174 Å². The van der Waals surface area contributed by atoms with Crippen molar-refractivity contribution in [2.75, 3.05) is 39.6 Å². The Hall–Kier alpha value is -0.730. The van der Waals surface area contributed by atoms with E-state index in [1.165, 1.54) is 0 Å². The molecule has 0 unspecified atom stereocenters.